The van der Waals surface area contributed by atoms with Crippen molar-refractivity contribution in [2.75, 3.05) is 0 Å². The third-order valence-electron chi connectivity index (χ3n) is 5.10. The van der Waals surface area contributed by atoms with Crippen LogP contribution < -0.4 is 0 Å². The van der Waals surface area contributed by atoms with Gasteiger partial charge in [-0.25, -0.2) is 0 Å². The van der Waals surface area contributed by atoms with Gasteiger partial charge in [0.15, 0.2) is 5.78 Å². The average molecular weight is 327 g/mol. The number of carbonyl (C=O) groups is 1. The molecule has 0 unspecified atom stereocenters. The number of rotatable bonds is 3. The molecule has 25 heavy (non-hydrogen) atoms. The molecule has 0 spiro atoms. The van der Waals surface area contributed by atoms with Crippen molar-refractivity contribution in [3.8, 4) is 0 Å². The van der Waals surface area contributed by atoms with Crippen molar-refractivity contribution in [3.63, 3.8) is 0 Å². The Morgan fingerprint density at radius 3 is 2.36 bits per heavy atom. The van der Waals surface area contributed by atoms with Crippen LogP contribution in [0, 0.1) is 13.8 Å². The Hall–Kier alpha value is -2.87. The molecule has 0 bridgehead atoms. The summed E-state index contributed by atoms with van der Waals surface area (Å²) in [7, 11) is 0. The molecule has 0 amide bonds. The normalized spacial score (nSPS) is 11.3. The van der Waals surface area contributed by atoms with Crippen LogP contribution in [0.2, 0.25) is 0 Å². The first-order valence-corrected chi connectivity index (χ1v) is 8.73. The van der Waals surface area contributed by atoms with Crippen LogP contribution in [0.4, 0.5) is 0 Å². The molecule has 2 nitrogen and oxygen atoms in total. The molecule has 0 aliphatic rings. The molecule has 0 N–H and O–H groups in total. The number of fused-ring (bicyclic) bond motifs is 2. The molecule has 1 aromatic heterocycles. The van der Waals surface area contributed by atoms with Gasteiger partial charge >= 0.3 is 0 Å². The maximum Gasteiger partial charge on any atom is 0.195 e. The topological polar surface area (TPSA) is 22.0 Å². The van der Waals surface area contributed by atoms with Gasteiger partial charge in [0, 0.05) is 28.7 Å². The van der Waals surface area contributed by atoms with Crippen molar-refractivity contribution in [1.29, 1.82) is 0 Å². The van der Waals surface area contributed by atoms with E-state index in [-0.39, 0.29) is 5.78 Å². The summed E-state index contributed by atoms with van der Waals surface area (Å²) < 4.78 is 2.22. The van der Waals surface area contributed by atoms with Gasteiger partial charge in [0.1, 0.15) is 0 Å². The zero-order valence-electron chi connectivity index (χ0n) is 14.8. The second-order valence-corrected chi connectivity index (χ2v) is 6.57. The fraction of sp³-hybridized carbons (Fsp3) is 0.174. The smallest absolute Gasteiger partial charge is 0.195 e. The second-order valence-electron chi connectivity index (χ2n) is 6.57. The zero-order chi connectivity index (χ0) is 17.6. The Balaban J connectivity index is 1.96. The van der Waals surface area contributed by atoms with Gasteiger partial charge in [-0.15, -0.1) is 0 Å². The first-order valence-electron chi connectivity index (χ1n) is 8.73. The Kier molecular flexibility index (Phi) is 3.69. The minimum atomic E-state index is 0.106. The fourth-order valence-electron chi connectivity index (χ4n) is 3.90. The minimum absolute atomic E-state index is 0.106. The van der Waals surface area contributed by atoms with Crippen LogP contribution >= 0.6 is 0 Å². The zero-order valence-corrected chi connectivity index (χ0v) is 14.8. The van der Waals surface area contributed by atoms with E-state index in [0.29, 0.717) is 0 Å². The SMILES string of the molecule is CCn1c(C)c(C(=O)c2cc(C)c3ccccc3c2)c2ccccc21. The summed E-state index contributed by atoms with van der Waals surface area (Å²) in [6, 6.07) is 20.4. The summed E-state index contributed by atoms with van der Waals surface area (Å²) in [5.41, 5.74) is 4.90. The molecule has 0 aliphatic carbocycles. The highest BCUT2D eigenvalue weighted by molar-refractivity contribution is 6.18. The van der Waals surface area contributed by atoms with Gasteiger partial charge in [-0.2, -0.15) is 0 Å². The summed E-state index contributed by atoms with van der Waals surface area (Å²) in [5.74, 6) is 0.106. The fourth-order valence-corrected chi connectivity index (χ4v) is 3.90. The van der Waals surface area contributed by atoms with Crippen molar-refractivity contribution in [3.05, 3.63) is 83.0 Å². The van der Waals surface area contributed by atoms with Crippen LogP contribution in [0.3, 0.4) is 0 Å². The number of para-hydroxylation sites is 1. The number of hydrogen-bond acceptors (Lipinski definition) is 1. The molecule has 0 atom stereocenters. The van der Waals surface area contributed by atoms with Crippen molar-refractivity contribution < 1.29 is 4.79 Å². The van der Waals surface area contributed by atoms with E-state index in [2.05, 4.69) is 42.7 Å². The van der Waals surface area contributed by atoms with Crippen LogP contribution in [0.1, 0.15) is 34.1 Å². The number of nitrogens with zero attached hydrogens (tertiary/aromatic N) is 1. The van der Waals surface area contributed by atoms with E-state index in [9.17, 15) is 4.79 Å². The van der Waals surface area contributed by atoms with Gasteiger partial charge < -0.3 is 4.57 Å². The van der Waals surface area contributed by atoms with E-state index >= 15 is 0 Å². The van der Waals surface area contributed by atoms with Crippen LogP contribution in [0.15, 0.2) is 60.7 Å². The van der Waals surface area contributed by atoms with Crippen LogP contribution in [-0.4, -0.2) is 10.4 Å². The van der Waals surface area contributed by atoms with Gasteiger partial charge in [0.25, 0.3) is 0 Å². The third-order valence-corrected chi connectivity index (χ3v) is 5.10. The highest BCUT2D eigenvalue weighted by Crippen LogP contribution is 2.29. The molecule has 4 aromatic rings. The lowest BCUT2D eigenvalue weighted by molar-refractivity contribution is 0.103. The molecule has 0 saturated heterocycles. The molecular weight excluding hydrogens is 306 g/mol. The highest BCUT2D eigenvalue weighted by Gasteiger charge is 2.21. The average Bonchev–Trinajstić information content (AvgIpc) is 2.92. The Morgan fingerprint density at radius 2 is 1.60 bits per heavy atom. The summed E-state index contributed by atoms with van der Waals surface area (Å²) in [5, 5.41) is 3.35. The number of benzene rings is 3. The Labute approximate surface area is 147 Å². The van der Waals surface area contributed by atoms with Crippen molar-refractivity contribution in [2.45, 2.75) is 27.3 Å². The van der Waals surface area contributed by atoms with Crippen molar-refractivity contribution in [1.82, 2.24) is 4.57 Å². The minimum Gasteiger partial charge on any atom is -0.344 e. The standard InChI is InChI=1S/C23H21NO/c1-4-24-16(3)22(20-11-7-8-12-21(20)24)23(25)18-13-15(2)19-10-6-5-9-17(19)14-18/h5-14H,4H2,1-3H3. The predicted molar refractivity (Wildman–Crippen MR) is 104 cm³/mol. The molecule has 0 radical (unpaired) electrons. The van der Waals surface area contributed by atoms with Gasteiger partial charge in [-0.1, -0.05) is 42.5 Å². The second kappa shape index (κ2) is 5.89. The number of carbonyl (C=O) groups excluding carboxylic acids is 1. The van der Waals surface area contributed by atoms with E-state index in [0.717, 1.165) is 45.2 Å². The highest BCUT2D eigenvalue weighted by atomic mass is 16.1. The molecular formula is C23H21NO. The van der Waals surface area contributed by atoms with E-state index in [1.165, 1.54) is 5.39 Å². The quantitative estimate of drug-likeness (QED) is 0.445. The summed E-state index contributed by atoms with van der Waals surface area (Å²) in [4.78, 5) is 13.4. The summed E-state index contributed by atoms with van der Waals surface area (Å²) in [6.45, 7) is 7.09. The van der Waals surface area contributed by atoms with E-state index < -0.39 is 0 Å². The molecule has 3 aromatic carbocycles. The first-order chi connectivity index (χ1) is 12.1. The summed E-state index contributed by atoms with van der Waals surface area (Å²) >= 11 is 0. The molecule has 1 heterocycles. The maximum atomic E-state index is 13.4. The van der Waals surface area contributed by atoms with Crippen molar-refractivity contribution >= 4 is 27.5 Å². The van der Waals surface area contributed by atoms with Crippen LogP contribution in [0.25, 0.3) is 21.7 Å². The van der Waals surface area contributed by atoms with Gasteiger partial charge in [0.2, 0.25) is 0 Å². The van der Waals surface area contributed by atoms with Gasteiger partial charge in [-0.05, 0) is 55.3 Å². The lowest BCUT2D eigenvalue weighted by Gasteiger charge is -2.08. The number of aryl methyl sites for hydroxylation is 2. The van der Waals surface area contributed by atoms with E-state index in [1.807, 2.05) is 43.3 Å². The van der Waals surface area contributed by atoms with E-state index in [1.54, 1.807) is 0 Å². The molecule has 124 valence electrons. The van der Waals surface area contributed by atoms with Gasteiger partial charge in [-0.3, -0.25) is 4.79 Å². The van der Waals surface area contributed by atoms with Gasteiger partial charge in [0.05, 0.1) is 5.56 Å². The molecule has 0 aliphatic heterocycles. The number of ketones is 1. The summed E-state index contributed by atoms with van der Waals surface area (Å²) in [6.07, 6.45) is 0. The number of aromatic nitrogens is 1. The largest absolute Gasteiger partial charge is 0.344 e. The Bertz CT molecular complexity index is 1120. The first kappa shape index (κ1) is 15.6. The molecule has 0 fully saturated rings. The third kappa shape index (κ3) is 2.37. The van der Waals surface area contributed by atoms with E-state index in [4.69, 9.17) is 0 Å². The predicted octanol–water partition coefficient (Wildman–Crippen LogP) is 5.66. The molecule has 2 heteroatoms. The lowest BCUT2D eigenvalue weighted by Crippen LogP contribution is -2.05. The Morgan fingerprint density at radius 1 is 0.920 bits per heavy atom. The lowest BCUT2D eigenvalue weighted by atomic mass is 9.95. The number of hydrogen-bond donors (Lipinski definition) is 0. The monoisotopic (exact) mass is 327 g/mol. The van der Waals surface area contributed by atoms with Crippen LogP contribution in [0.5, 0.6) is 0 Å². The maximum absolute atomic E-state index is 13.4. The molecule has 4 rings (SSSR count). The van der Waals surface area contributed by atoms with Crippen molar-refractivity contribution in [2.24, 2.45) is 0 Å². The van der Waals surface area contributed by atoms with Crippen LogP contribution in [-0.2, 0) is 6.54 Å². The molecule has 0 saturated carbocycles.